The Balaban J connectivity index is 1.72. The molecule has 1 N–H and O–H groups in total. The SMILES string of the molecule is C=CCN1C(=O)/C(=C/c2ccc(Cc3ccc(C(=O)O)cc3)o2)SC1=S. The van der Waals surface area contributed by atoms with E-state index < -0.39 is 5.97 Å². The fourth-order valence-electron chi connectivity index (χ4n) is 2.45. The number of carbonyl (C=O) groups is 2. The Hall–Kier alpha value is -2.64. The number of benzene rings is 1. The molecule has 1 saturated heterocycles. The summed E-state index contributed by atoms with van der Waals surface area (Å²) in [7, 11) is 0. The fourth-order valence-corrected chi connectivity index (χ4v) is 3.70. The van der Waals surface area contributed by atoms with Crippen LogP contribution in [-0.4, -0.2) is 32.7 Å². The lowest BCUT2D eigenvalue weighted by Crippen LogP contribution is -2.27. The Labute approximate surface area is 160 Å². The van der Waals surface area contributed by atoms with Gasteiger partial charge in [-0.2, -0.15) is 0 Å². The number of carboxylic acid groups (broad SMARTS) is 1. The lowest BCUT2D eigenvalue weighted by atomic mass is 10.1. The molecule has 0 spiro atoms. The van der Waals surface area contributed by atoms with Gasteiger partial charge in [0.2, 0.25) is 0 Å². The minimum atomic E-state index is -0.953. The third-order valence-corrected chi connectivity index (χ3v) is 5.10. The molecule has 1 aromatic carbocycles. The van der Waals surface area contributed by atoms with Gasteiger partial charge in [0.25, 0.3) is 5.91 Å². The summed E-state index contributed by atoms with van der Waals surface area (Å²) in [6, 6.07) is 10.3. The number of hydrogen-bond donors (Lipinski definition) is 1. The molecule has 1 fully saturated rings. The first-order valence-corrected chi connectivity index (χ1v) is 8.97. The Morgan fingerprint density at radius 2 is 2.00 bits per heavy atom. The lowest BCUT2D eigenvalue weighted by molar-refractivity contribution is -0.121. The van der Waals surface area contributed by atoms with Crippen LogP contribution in [0.2, 0.25) is 0 Å². The van der Waals surface area contributed by atoms with Gasteiger partial charge < -0.3 is 9.52 Å². The second-order valence-electron chi connectivity index (χ2n) is 5.56. The average Bonchev–Trinajstić information content (AvgIpc) is 3.15. The average molecular weight is 385 g/mol. The molecule has 26 heavy (non-hydrogen) atoms. The molecule has 3 rings (SSSR count). The van der Waals surface area contributed by atoms with Gasteiger partial charge in [-0.05, 0) is 29.8 Å². The number of nitrogens with zero attached hydrogens (tertiary/aromatic N) is 1. The van der Waals surface area contributed by atoms with E-state index in [0.29, 0.717) is 28.0 Å². The minimum Gasteiger partial charge on any atom is -0.478 e. The van der Waals surface area contributed by atoms with E-state index in [9.17, 15) is 9.59 Å². The number of carbonyl (C=O) groups excluding carboxylic acids is 1. The molecule has 1 amide bonds. The molecule has 2 aromatic rings. The maximum Gasteiger partial charge on any atom is 0.335 e. The maximum absolute atomic E-state index is 12.3. The lowest BCUT2D eigenvalue weighted by Gasteiger charge is -2.10. The van der Waals surface area contributed by atoms with Gasteiger partial charge in [-0.3, -0.25) is 9.69 Å². The smallest absolute Gasteiger partial charge is 0.335 e. The van der Waals surface area contributed by atoms with E-state index in [1.165, 1.54) is 16.7 Å². The zero-order valence-electron chi connectivity index (χ0n) is 13.7. The number of hydrogen-bond acceptors (Lipinski definition) is 5. The molecular weight excluding hydrogens is 370 g/mol. The summed E-state index contributed by atoms with van der Waals surface area (Å²) in [5.74, 6) is 0.190. The molecule has 1 aromatic heterocycles. The highest BCUT2D eigenvalue weighted by Gasteiger charge is 2.31. The normalized spacial score (nSPS) is 15.7. The van der Waals surface area contributed by atoms with Crippen LogP contribution in [0.1, 0.15) is 27.4 Å². The number of aromatic carboxylic acids is 1. The van der Waals surface area contributed by atoms with Gasteiger partial charge in [-0.1, -0.05) is 42.2 Å². The summed E-state index contributed by atoms with van der Waals surface area (Å²) in [5, 5.41) is 8.92. The van der Waals surface area contributed by atoms with Crippen LogP contribution in [0.4, 0.5) is 0 Å². The highest BCUT2D eigenvalue weighted by atomic mass is 32.2. The first-order valence-electron chi connectivity index (χ1n) is 7.75. The van der Waals surface area contributed by atoms with Gasteiger partial charge in [0.1, 0.15) is 15.8 Å². The van der Waals surface area contributed by atoms with Crippen molar-refractivity contribution in [1.82, 2.24) is 4.90 Å². The highest BCUT2D eigenvalue weighted by molar-refractivity contribution is 8.26. The molecule has 0 unspecified atom stereocenters. The molecule has 5 nitrogen and oxygen atoms in total. The predicted octanol–water partition coefficient (Wildman–Crippen LogP) is 3.96. The van der Waals surface area contributed by atoms with Gasteiger partial charge in [-0.25, -0.2) is 4.79 Å². The van der Waals surface area contributed by atoms with E-state index in [4.69, 9.17) is 21.7 Å². The van der Waals surface area contributed by atoms with Crippen LogP contribution in [0, 0.1) is 0 Å². The zero-order valence-corrected chi connectivity index (χ0v) is 15.3. The number of furan rings is 1. The largest absolute Gasteiger partial charge is 0.478 e. The summed E-state index contributed by atoms with van der Waals surface area (Å²) in [4.78, 5) is 25.2. The summed E-state index contributed by atoms with van der Waals surface area (Å²) in [6.07, 6.45) is 3.85. The summed E-state index contributed by atoms with van der Waals surface area (Å²) >= 11 is 6.44. The molecule has 0 saturated carbocycles. The Morgan fingerprint density at radius 1 is 1.27 bits per heavy atom. The summed E-state index contributed by atoms with van der Waals surface area (Å²) < 4.78 is 6.27. The van der Waals surface area contributed by atoms with Crippen molar-refractivity contribution in [2.24, 2.45) is 0 Å². The van der Waals surface area contributed by atoms with E-state index in [0.717, 1.165) is 11.3 Å². The van der Waals surface area contributed by atoms with Crippen molar-refractivity contribution in [2.75, 3.05) is 6.54 Å². The van der Waals surface area contributed by atoms with E-state index in [2.05, 4.69) is 6.58 Å². The van der Waals surface area contributed by atoms with Gasteiger partial charge in [0.15, 0.2) is 0 Å². The van der Waals surface area contributed by atoms with Crippen LogP contribution >= 0.6 is 24.0 Å². The van der Waals surface area contributed by atoms with Crippen molar-refractivity contribution < 1.29 is 19.1 Å². The van der Waals surface area contributed by atoms with Crippen LogP contribution in [0.25, 0.3) is 6.08 Å². The van der Waals surface area contributed by atoms with Crippen LogP contribution in [0.3, 0.4) is 0 Å². The predicted molar refractivity (Wildman–Crippen MR) is 105 cm³/mol. The quantitative estimate of drug-likeness (QED) is 0.461. The molecule has 1 aliphatic heterocycles. The van der Waals surface area contributed by atoms with Gasteiger partial charge in [-0.15, -0.1) is 6.58 Å². The molecular formula is C19H15NO4S2. The standard InChI is InChI=1S/C19H15NO4S2/c1-2-9-20-17(21)16(26-19(20)25)11-15-8-7-14(24-15)10-12-3-5-13(6-4-12)18(22)23/h2-8,11H,1,9-10H2,(H,22,23)/b16-11-. The van der Waals surface area contributed by atoms with Crippen molar-refractivity contribution in [3.8, 4) is 0 Å². The molecule has 0 bridgehead atoms. The second kappa shape index (κ2) is 7.72. The molecule has 0 aliphatic carbocycles. The van der Waals surface area contributed by atoms with E-state index in [1.54, 1.807) is 42.5 Å². The number of carboxylic acids is 1. The molecule has 2 heterocycles. The van der Waals surface area contributed by atoms with E-state index in [1.807, 2.05) is 6.07 Å². The third kappa shape index (κ3) is 3.95. The maximum atomic E-state index is 12.3. The van der Waals surface area contributed by atoms with Crippen molar-refractivity contribution >= 4 is 46.3 Å². The van der Waals surface area contributed by atoms with Crippen molar-refractivity contribution in [1.29, 1.82) is 0 Å². The number of thioether (sulfide) groups is 1. The van der Waals surface area contributed by atoms with Crippen molar-refractivity contribution in [2.45, 2.75) is 6.42 Å². The number of rotatable bonds is 6. The summed E-state index contributed by atoms with van der Waals surface area (Å²) in [5.41, 5.74) is 1.18. The molecule has 0 atom stereocenters. The number of amides is 1. The van der Waals surface area contributed by atoms with Gasteiger partial charge in [0.05, 0.1) is 10.5 Å². The van der Waals surface area contributed by atoms with E-state index >= 15 is 0 Å². The molecule has 1 aliphatic rings. The Kier molecular flexibility index (Phi) is 5.39. The number of thiocarbonyl (C=S) groups is 1. The van der Waals surface area contributed by atoms with Crippen molar-refractivity contribution in [3.05, 3.63) is 76.6 Å². The van der Waals surface area contributed by atoms with E-state index in [-0.39, 0.29) is 11.5 Å². The fraction of sp³-hybridized carbons (Fsp3) is 0.105. The first kappa shape index (κ1) is 18.2. The van der Waals surface area contributed by atoms with Crippen LogP contribution < -0.4 is 0 Å². The van der Waals surface area contributed by atoms with Crippen LogP contribution in [0.5, 0.6) is 0 Å². The van der Waals surface area contributed by atoms with Crippen molar-refractivity contribution in [3.63, 3.8) is 0 Å². The second-order valence-corrected chi connectivity index (χ2v) is 7.24. The topological polar surface area (TPSA) is 70.8 Å². The third-order valence-electron chi connectivity index (χ3n) is 3.72. The molecule has 132 valence electrons. The molecule has 7 heteroatoms. The zero-order chi connectivity index (χ0) is 18.7. The van der Waals surface area contributed by atoms with Crippen LogP contribution in [-0.2, 0) is 11.2 Å². The Bertz CT molecular complexity index is 912. The minimum absolute atomic E-state index is 0.151. The first-order chi connectivity index (χ1) is 12.5. The monoisotopic (exact) mass is 385 g/mol. The van der Waals surface area contributed by atoms with Gasteiger partial charge in [0, 0.05) is 19.0 Å². The molecule has 0 radical (unpaired) electrons. The Morgan fingerprint density at radius 3 is 2.65 bits per heavy atom. The highest BCUT2D eigenvalue weighted by Crippen LogP contribution is 2.32. The van der Waals surface area contributed by atoms with Gasteiger partial charge >= 0.3 is 5.97 Å². The summed E-state index contributed by atoms with van der Waals surface area (Å²) in [6.45, 7) is 4.01. The van der Waals surface area contributed by atoms with Crippen LogP contribution in [0.15, 0.2) is 58.4 Å².